The molecule has 0 aromatic carbocycles. The SMILES string of the molecule is CCCCCCCC/C=C\CCCCCC/C=C\OC[C@H](COP(=O)(O)OCC[N+](C)(C)C)OC(=O)CCCCCCC/C=C\CCCCCCCC. The van der Waals surface area contributed by atoms with Crippen LogP contribution in [-0.2, 0) is 27.9 Å². The molecule has 0 heterocycles. The van der Waals surface area contributed by atoms with Crippen LogP contribution < -0.4 is 0 Å². The number of ether oxygens (including phenoxy) is 2. The molecule has 1 unspecified atom stereocenters. The number of nitrogens with zero attached hydrogens (tertiary/aromatic N) is 1. The highest BCUT2D eigenvalue weighted by Crippen LogP contribution is 2.43. The number of carbonyl (C=O) groups excluding carboxylic acids is 1. The summed E-state index contributed by atoms with van der Waals surface area (Å²) in [6.45, 7) is 4.90. The normalized spacial score (nSPS) is 14.1. The third-order valence-corrected chi connectivity index (χ3v) is 10.2. The van der Waals surface area contributed by atoms with Gasteiger partial charge in [0, 0.05) is 6.42 Å². The van der Waals surface area contributed by atoms with E-state index in [-0.39, 0.29) is 25.8 Å². The molecule has 2 atom stereocenters. The van der Waals surface area contributed by atoms with Crippen LogP contribution in [0.4, 0.5) is 0 Å². The summed E-state index contributed by atoms with van der Waals surface area (Å²) in [6, 6.07) is 0. The predicted octanol–water partition coefficient (Wildman–Crippen LogP) is 13.0. The Morgan fingerprint density at radius 3 is 1.45 bits per heavy atom. The Hall–Kier alpha value is -1.44. The van der Waals surface area contributed by atoms with E-state index in [1.807, 2.05) is 27.2 Å². The van der Waals surface area contributed by atoms with Crippen molar-refractivity contribution in [3.8, 4) is 0 Å². The van der Waals surface area contributed by atoms with E-state index in [1.54, 1.807) is 6.26 Å². The first-order chi connectivity index (χ1) is 25.6. The Labute approximate surface area is 327 Å². The second-order valence-electron chi connectivity index (χ2n) is 15.8. The fourth-order valence-corrected chi connectivity index (χ4v) is 6.54. The van der Waals surface area contributed by atoms with E-state index in [9.17, 15) is 14.3 Å². The quantitative estimate of drug-likeness (QED) is 0.0166. The van der Waals surface area contributed by atoms with Crippen molar-refractivity contribution in [1.82, 2.24) is 0 Å². The van der Waals surface area contributed by atoms with Crippen LogP contribution in [0.25, 0.3) is 0 Å². The van der Waals surface area contributed by atoms with E-state index in [1.165, 1.54) is 116 Å². The maximum atomic E-state index is 12.7. The lowest BCUT2D eigenvalue weighted by Crippen LogP contribution is -2.37. The molecule has 0 bridgehead atoms. The van der Waals surface area contributed by atoms with Crippen LogP contribution in [-0.4, -0.2) is 69.0 Å². The molecule has 0 aromatic rings. The molecule has 0 aliphatic heterocycles. The highest BCUT2D eigenvalue weighted by Gasteiger charge is 2.26. The molecule has 0 amide bonds. The van der Waals surface area contributed by atoms with E-state index < -0.39 is 13.9 Å². The van der Waals surface area contributed by atoms with Gasteiger partial charge in [-0.3, -0.25) is 13.8 Å². The summed E-state index contributed by atoms with van der Waals surface area (Å²) in [5, 5.41) is 0. The number of hydrogen-bond donors (Lipinski definition) is 1. The monoisotopic (exact) mass is 771 g/mol. The number of likely N-dealkylation sites (N-methyl/N-ethyl adjacent to an activating group) is 1. The Balaban J connectivity index is 4.33. The smallest absolute Gasteiger partial charge is 0.472 e. The van der Waals surface area contributed by atoms with Crippen LogP contribution in [0.3, 0.4) is 0 Å². The van der Waals surface area contributed by atoms with Gasteiger partial charge >= 0.3 is 13.8 Å². The highest BCUT2D eigenvalue weighted by atomic mass is 31.2. The molecule has 0 aromatic heterocycles. The first-order valence-electron chi connectivity index (χ1n) is 21.8. The molecule has 53 heavy (non-hydrogen) atoms. The minimum absolute atomic E-state index is 0.0402. The summed E-state index contributed by atoms with van der Waals surface area (Å²) >= 11 is 0. The van der Waals surface area contributed by atoms with Crippen LogP contribution in [0.5, 0.6) is 0 Å². The first kappa shape index (κ1) is 51.6. The highest BCUT2D eigenvalue weighted by molar-refractivity contribution is 7.47. The summed E-state index contributed by atoms with van der Waals surface area (Å²) in [5.41, 5.74) is 0. The number of carbonyl (C=O) groups is 1. The van der Waals surface area contributed by atoms with Gasteiger partial charge in [0.25, 0.3) is 0 Å². The zero-order valence-corrected chi connectivity index (χ0v) is 36.1. The van der Waals surface area contributed by atoms with Crippen molar-refractivity contribution >= 4 is 13.8 Å². The predicted molar refractivity (Wildman–Crippen MR) is 224 cm³/mol. The van der Waals surface area contributed by atoms with Crippen LogP contribution in [0.1, 0.15) is 187 Å². The average Bonchev–Trinajstić information content (AvgIpc) is 3.11. The van der Waals surface area contributed by atoms with Gasteiger partial charge in [0.2, 0.25) is 0 Å². The minimum Gasteiger partial charge on any atom is -0.498 e. The third-order valence-electron chi connectivity index (χ3n) is 9.24. The van der Waals surface area contributed by atoms with Crippen molar-refractivity contribution in [2.24, 2.45) is 0 Å². The van der Waals surface area contributed by atoms with Gasteiger partial charge in [-0.15, -0.1) is 0 Å². The maximum Gasteiger partial charge on any atom is 0.472 e. The number of phosphoric acid groups is 1. The largest absolute Gasteiger partial charge is 0.498 e. The molecule has 0 fully saturated rings. The number of rotatable bonds is 40. The van der Waals surface area contributed by atoms with Gasteiger partial charge in [0.15, 0.2) is 6.10 Å². The number of quaternary nitrogens is 1. The molecule has 0 aliphatic carbocycles. The molecular weight excluding hydrogens is 685 g/mol. The third kappa shape index (κ3) is 41.6. The molecule has 0 saturated heterocycles. The van der Waals surface area contributed by atoms with Gasteiger partial charge in [-0.05, 0) is 76.7 Å². The minimum atomic E-state index is -4.29. The number of hydrogen-bond acceptors (Lipinski definition) is 6. The standard InChI is InChI=1S/C44H84NO7P/c1-6-8-10-12-14-16-18-20-22-24-26-28-30-32-34-36-39-49-41-43(42-51-53(47,48)50-40-38-45(3,4)5)52-44(46)37-35-33-31-29-27-25-23-21-19-17-15-13-11-9-7-2/h20-23,36,39,43H,6-19,24-35,37-38,40-42H2,1-5H3/p+1/b22-20-,23-21-,39-36-/t43-/m1/s1. The molecule has 0 radical (unpaired) electrons. The van der Waals surface area contributed by atoms with Gasteiger partial charge in [-0.1, -0.05) is 134 Å². The van der Waals surface area contributed by atoms with Crippen LogP contribution in [0, 0.1) is 0 Å². The molecule has 312 valence electrons. The number of allylic oxidation sites excluding steroid dienone is 5. The van der Waals surface area contributed by atoms with E-state index in [0.717, 1.165) is 51.4 Å². The molecule has 8 nitrogen and oxygen atoms in total. The molecule has 9 heteroatoms. The van der Waals surface area contributed by atoms with Crippen molar-refractivity contribution in [3.05, 3.63) is 36.6 Å². The Morgan fingerprint density at radius 1 is 0.585 bits per heavy atom. The molecule has 0 spiro atoms. The van der Waals surface area contributed by atoms with E-state index in [0.29, 0.717) is 17.4 Å². The Bertz CT molecular complexity index is 947. The molecule has 0 saturated carbocycles. The second kappa shape index (κ2) is 37.5. The molecular formula is C44H85NO7P+. The van der Waals surface area contributed by atoms with Crippen LogP contribution in [0.2, 0.25) is 0 Å². The summed E-state index contributed by atoms with van der Waals surface area (Å²) in [5.74, 6) is -0.347. The van der Waals surface area contributed by atoms with Crippen molar-refractivity contribution in [3.63, 3.8) is 0 Å². The fraction of sp³-hybridized carbons (Fsp3) is 0.841. The van der Waals surface area contributed by atoms with Gasteiger partial charge < -0.3 is 18.9 Å². The topological polar surface area (TPSA) is 91.3 Å². The zero-order chi connectivity index (χ0) is 39.1. The summed E-state index contributed by atoms with van der Waals surface area (Å²) in [4.78, 5) is 22.8. The summed E-state index contributed by atoms with van der Waals surface area (Å²) in [7, 11) is 1.62. The van der Waals surface area contributed by atoms with Crippen molar-refractivity contribution < 1.29 is 37.3 Å². The summed E-state index contributed by atoms with van der Waals surface area (Å²) in [6.07, 6.45) is 44.1. The van der Waals surface area contributed by atoms with Crippen LogP contribution in [0.15, 0.2) is 36.6 Å². The van der Waals surface area contributed by atoms with E-state index >= 15 is 0 Å². The van der Waals surface area contributed by atoms with Crippen molar-refractivity contribution in [1.29, 1.82) is 0 Å². The lowest BCUT2D eigenvalue weighted by atomic mass is 10.1. The first-order valence-corrected chi connectivity index (χ1v) is 23.3. The van der Waals surface area contributed by atoms with Gasteiger partial charge in [-0.2, -0.15) is 0 Å². The van der Waals surface area contributed by atoms with Crippen molar-refractivity contribution in [2.75, 3.05) is 47.5 Å². The Morgan fingerprint density at radius 2 is 1.00 bits per heavy atom. The Kier molecular flexibility index (Phi) is 36.5. The van der Waals surface area contributed by atoms with E-state index in [2.05, 4.69) is 38.2 Å². The van der Waals surface area contributed by atoms with Gasteiger partial charge in [0.05, 0.1) is 34.0 Å². The second-order valence-corrected chi connectivity index (χ2v) is 17.2. The average molecular weight is 771 g/mol. The zero-order valence-electron chi connectivity index (χ0n) is 35.3. The molecule has 0 rings (SSSR count). The molecule has 1 N–H and O–H groups in total. The number of phosphoric ester groups is 1. The number of esters is 1. The molecule has 0 aliphatic rings. The lowest BCUT2D eigenvalue weighted by molar-refractivity contribution is -0.870. The maximum absolute atomic E-state index is 12.7. The van der Waals surface area contributed by atoms with Crippen molar-refractivity contribution in [2.45, 2.75) is 193 Å². The van der Waals surface area contributed by atoms with Crippen LogP contribution >= 0.6 is 7.82 Å². The van der Waals surface area contributed by atoms with Gasteiger partial charge in [0.1, 0.15) is 19.8 Å². The lowest BCUT2D eigenvalue weighted by Gasteiger charge is -2.24. The number of unbranched alkanes of at least 4 members (excludes halogenated alkanes) is 22. The van der Waals surface area contributed by atoms with E-state index in [4.69, 9.17) is 18.5 Å². The fourth-order valence-electron chi connectivity index (χ4n) is 5.80. The van der Waals surface area contributed by atoms with Gasteiger partial charge in [-0.25, -0.2) is 4.57 Å². The summed E-state index contributed by atoms with van der Waals surface area (Å²) < 4.78 is 34.7.